The molecule has 6 nitrogen and oxygen atoms in total. The quantitative estimate of drug-likeness (QED) is 0.515. The number of nitrogens with zero attached hydrogens (tertiary/aromatic N) is 5. The Kier molecular flexibility index (Phi) is 4.60. The van der Waals surface area contributed by atoms with Gasteiger partial charge in [-0.1, -0.05) is 30.3 Å². The van der Waals surface area contributed by atoms with Crippen LogP contribution in [0.1, 0.15) is 35.3 Å². The van der Waals surface area contributed by atoms with E-state index in [0.717, 1.165) is 52.7 Å². The van der Waals surface area contributed by atoms with Crippen LogP contribution in [0.3, 0.4) is 0 Å². The Labute approximate surface area is 172 Å². The molecule has 3 aromatic heterocycles. The molecule has 0 unspecified atom stereocenters. The van der Waals surface area contributed by atoms with Crippen LogP contribution in [0, 0.1) is 6.92 Å². The van der Waals surface area contributed by atoms with Gasteiger partial charge in [0.05, 0.1) is 23.2 Å². The van der Waals surface area contributed by atoms with Crippen molar-refractivity contribution in [3.8, 4) is 11.3 Å². The number of aromatic nitrogens is 4. The lowest BCUT2D eigenvalue weighted by atomic mass is 10.1. The lowest BCUT2D eigenvalue weighted by Gasteiger charge is -2.23. The monoisotopic (exact) mass is 403 g/mol. The van der Waals surface area contributed by atoms with Gasteiger partial charge in [0.1, 0.15) is 0 Å². The van der Waals surface area contributed by atoms with Crippen LogP contribution in [0.2, 0.25) is 0 Å². The number of aryl methyl sites for hydroxylation is 1. The molecule has 0 saturated carbocycles. The summed E-state index contributed by atoms with van der Waals surface area (Å²) in [7, 11) is 0. The van der Waals surface area contributed by atoms with Gasteiger partial charge in [-0.2, -0.15) is 0 Å². The second kappa shape index (κ2) is 7.40. The maximum atomic E-state index is 13.1. The molecule has 7 heteroatoms. The van der Waals surface area contributed by atoms with Crippen molar-refractivity contribution in [1.82, 2.24) is 24.5 Å². The van der Waals surface area contributed by atoms with E-state index in [4.69, 9.17) is 0 Å². The zero-order chi connectivity index (χ0) is 19.8. The first-order chi connectivity index (χ1) is 14.2. The van der Waals surface area contributed by atoms with Gasteiger partial charge in [-0.3, -0.25) is 9.20 Å². The molecule has 0 N–H and O–H groups in total. The van der Waals surface area contributed by atoms with Gasteiger partial charge in [0.25, 0.3) is 0 Å². The van der Waals surface area contributed by atoms with Gasteiger partial charge in [0.15, 0.2) is 11.5 Å². The lowest BCUT2D eigenvalue weighted by Crippen LogP contribution is -2.32. The predicted molar refractivity (Wildman–Crippen MR) is 113 cm³/mol. The third-order valence-corrected chi connectivity index (χ3v) is 6.21. The van der Waals surface area contributed by atoms with Gasteiger partial charge in [-0.15, -0.1) is 21.5 Å². The number of thiazole rings is 1. The van der Waals surface area contributed by atoms with Crippen LogP contribution in [0.4, 0.5) is 0 Å². The molecular weight excluding hydrogens is 382 g/mol. The van der Waals surface area contributed by atoms with Crippen molar-refractivity contribution in [2.45, 2.75) is 32.2 Å². The molecule has 1 fully saturated rings. The molecule has 1 saturated heterocycles. The Hall–Kier alpha value is -3.06. The van der Waals surface area contributed by atoms with Gasteiger partial charge < -0.3 is 4.90 Å². The summed E-state index contributed by atoms with van der Waals surface area (Å²) >= 11 is 1.65. The lowest BCUT2D eigenvalue weighted by molar-refractivity contribution is -0.131. The van der Waals surface area contributed by atoms with Crippen molar-refractivity contribution in [3.63, 3.8) is 0 Å². The molecule has 4 aromatic rings. The highest BCUT2D eigenvalue weighted by molar-refractivity contribution is 7.09. The summed E-state index contributed by atoms with van der Waals surface area (Å²) in [6.07, 6.45) is 4.26. The van der Waals surface area contributed by atoms with Crippen LogP contribution in [0.25, 0.3) is 16.9 Å². The second-order valence-corrected chi connectivity index (χ2v) is 8.42. The maximum Gasteiger partial charge on any atom is 0.227 e. The third-order valence-electron chi connectivity index (χ3n) is 5.44. The number of hydrogen-bond acceptors (Lipinski definition) is 5. The summed E-state index contributed by atoms with van der Waals surface area (Å²) < 4.78 is 1.99. The summed E-state index contributed by atoms with van der Waals surface area (Å²) in [6, 6.07) is 14.0. The zero-order valence-electron chi connectivity index (χ0n) is 16.2. The first-order valence-corrected chi connectivity index (χ1v) is 10.7. The average Bonchev–Trinajstić information content (AvgIpc) is 3.47. The number of carbonyl (C=O) groups is 1. The molecule has 1 aliphatic heterocycles. The Morgan fingerprint density at radius 3 is 2.83 bits per heavy atom. The number of pyridine rings is 1. The van der Waals surface area contributed by atoms with Gasteiger partial charge >= 0.3 is 0 Å². The summed E-state index contributed by atoms with van der Waals surface area (Å²) in [5, 5.41) is 11.7. The van der Waals surface area contributed by atoms with Crippen molar-refractivity contribution < 1.29 is 4.79 Å². The van der Waals surface area contributed by atoms with Crippen molar-refractivity contribution in [2.75, 3.05) is 6.54 Å². The Morgan fingerprint density at radius 2 is 2.03 bits per heavy atom. The standard InChI is InChI=1S/C22H21N5OS/c1-15-23-18(14-29-15)17-9-7-16(8-10-17)13-21(28)26-12-4-5-19(26)22-25-24-20-6-2-3-11-27(20)22/h2-3,6-11,14,19H,4-5,12-13H2,1H3/t19-/m1/s1. The molecule has 5 rings (SSSR count). The van der Waals surface area contributed by atoms with E-state index in [-0.39, 0.29) is 11.9 Å². The van der Waals surface area contributed by atoms with Crippen molar-refractivity contribution in [3.05, 3.63) is 70.4 Å². The number of rotatable bonds is 4. The molecule has 1 aliphatic rings. The molecule has 4 heterocycles. The average molecular weight is 404 g/mol. The van der Waals surface area contributed by atoms with Crippen LogP contribution in [0.15, 0.2) is 54.0 Å². The van der Waals surface area contributed by atoms with E-state index in [1.54, 1.807) is 11.3 Å². The zero-order valence-corrected chi connectivity index (χ0v) is 17.0. The third kappa shape index (κ3) is 3.42. The highest BCUT2D eigenvalue weighted by atomic mass is 32.1. The number of hydrogen-bond donors (Lipinski definition) is 0. The molecule has 1 aromatic carbocycles. The van der Waals surface area contributed by atoms with E-state index in [1.807, 2.05) is 64.9 Å². The van der Waals surface area contributed by atoms with Crippen LogP contribution in [-0.4, -0.2) is 36.9 Å². The Balaban J connectivity index is 1.33. The van der Waals surface area contributed by atoms with E-state index >= 15 is 0 Å². The minimum atomic E-state index is -0.0165. The van der Waals surface area contributed by atoms with E-state index in [1.165, 1.54) is 0 Å². The highest BCUT2D eigenvalue weighted by Crippen LogP contribution is 2.31. The smallest absolute Gasteiger partial charge is 0.227 e. The molecule has 0 aliphatic carbocycles. The molecule has 146 valence electrons. The fourth-order valence-electron chi connectivity index (χ4n) is 3.99. The molecule has 29 heavy (non-hydrogen) atoms. The topological polar surface area (TPSA) is 63.4 Å². The Bertz CT molecular complexity index is 1160. The largest absolute Gasteiger partial charge is 0.332 e. The van der Waals surface area contributed by atoms with Crippen LogP contribution < -0.4 is 0 Å². The minimum Gasteiger partial charge on any atom is -0.332 e. The number of likely N-dealkylation sites (tertiary alicyclic amines) is 1. The highest BCUT2D eigenvalue weighted by Gasteiger charge is 2.33. The fourth-order valence-corrected chi connectivity index (χ4v) is 4.61. The van der Waals surface area contributed by atoms with Gasteiger partial charge in [0, 0.05) is 23.7 Å². The van der Waals surface area contributed by atoms with E-state index < -0.39 is 0 Å². The maximum absolute atomic E-state index is 13.1. The van der Waals surface area contributed by atoms with E-state index in [2.05, 4.69) is 20.6 Å². The Morgan fingerprint density at radius 1 is 1.17 bits per heavy atom. The number of fused-ring (bicyclic) bond motifs is 1. The van der Waals surface area contributed by atoms with Gasteiger partial charge in [0.2, 0.25) is 5.91 Å². The number of benzene rings is 1. The van der Waals surface area contributed by atoms with E-state index in [0.29, 0.717) is 6.42 Å². The van der Waals surface area contributed by atoms with Crippen molar-refractivity contribution >= 4 is 22.9 Å². The summed E-state index contributed by atoms with van der Waals surface area (Å²) in [4.78, 5) is 19.6. The summed E-state index contributed by atoms with van der Waals surface area (Å²) in [5.74, 6) is 0.984. The summed E-state index contributed by atoms with van der Waals surface area (Å²) in [6.45, 7) is 2.77. The fraction of sp³-hybridized carbons (Fsp3) is 0.273. The predicted octanol–water partition coefficient (Wildman–Crippen LogP) is 4.07. The van der Waals surface area contributed by atoms with Gasteiger partial charge in [-0.25, -0.2) is 4.98 Å². The molecule has 0 bridgehead atoms. The molecule has 1 amide bonds. The minimum absolute atomic E-state index is 0.0165. The van der Waals surface area contributed by atoms with Crippen LogP contribution in [0.5, 0.6) is 0 Å². The first kappa shape index (κ1) is 18.0. The first-order valence-electron chi connectivity index (χ1n) is 9.79. The van der Waals surface area contributed by atoms with Crippen molar-refractivity contribution in [1.29, 1.82) is 0 Å². The van der Waals surface area contributed by atoms with Crippen LogP contribution in [-0.2, 0) is 11.2 Å². The van der Waals surface area contributed by atoms with E-state index in [9.17, 15) is 4.79 Å². The molecule has 1 atom stereocenters. The second-order valence-electron chi connectivity index (χ2n) is 7.36. The normalized spacial score (nSPS) is 16.6. The van der Waals surface area contributed by atoms with Gasteiger partial charge in [-0.05, 0) is 37.5 Å². The SMILES string of the molecule is Cc1nc(-c2ccc(CC(=O)N3CCC[C@@H]3c3nnc4ccccn34)cc2)cs1. The van der Waals surface area contributed by atoms with Crippen LogP contribution >= 0.6 is 11.3 Å². The van der Waals surface area contributed by atoms with Crippen molar-refractivity contribution in [2.24, 2.45) is 0 Å². The number of amides is 1. The molecule has 0 radical (unpaired) electrons. The molecule has 0 spiro atoms. The molecular formula is C22H21N5OS. The number of carbonyl (C=O) groups excluding carboxylic acids is 1. The summed E-state index contributed by atoms with van der Waals surface area (Å²) in [5.41, 5.74) is 3.90.